The zero-order chi connectivity index (χ0) is 20.7. The standard InChI is InChI=1S/C20H23I2NO5/c21-15-8-12(10-17(23)20(26)27)9-16(22)19(15)28-14-5-6-18(25)13(11-14)4-2-1-3-7-24/h5-6,8-9,11,17,24-25H,1-4,7,10,23H2,(H,26,27). The largest absolute Gasteiger partial charge is 0.544 e. The number of halogens is 2. The van der Waals surface area contributed by atoms with Crippen LogP contribution in [0.3, 0.4) is 0 Å². The number of phenolic OH excluding ortho intramolecular Hbond substituents is 1. The Hall–Kier alpha value is -1.11. The molecule has 0 aliphatic rings. The van der Waals surface area contributed by atoms with Gasteiger partial charge in [0.25, 0.3) is 0 Å². The summed E-state index contributed by atoms with van der Waals surface area (Å²) < 4.78 is 7.79. The fourth-order valence-corrected chi connectivity index (χ4v) is 4.86. The predicted octanol–water partition coefficient (Wildman–Crippen LogP) is 2.00. The summed E-state index contributed by atoms with van der Waals surface area (Å²) in [4.78, 5) is 10.9. The van der Waals surface area contributed by atoms with Crippen molar-refractivity contribution in [3.05, 3.63) is 48.6 Å². The molecule has 0 aliphatic heterocycles. The highest BCUT2D eigenvalue weighted by Crippen LogP contribution is 2.35. The van der Waals surface area contributed by atoms with Crippen LogP contribution in [0, 0.1) is 7.14 Å². The maximum atomic E-state index is 10.9. The minimum absolute atomic E-state index is 0.180. The number of aliphatic hydroxyl groups is 1. The van der Waals surface area contributed by atoms with Gasteiger partial charge in [0.15, 0.2) is 5.75 Å². The molecule has 1 atom stereocenters. The molecule has 2 rings (SSSR count). The Kier molecular flexibility index (Phi) is 9.25. The molecule has 0 fully saturated rings. The van der Waals surface area contributed by atoms with Gasteiger partial charge in [-0.2, -0.15) is 0 Å². The summed E-state index contributed by atoms with van der Waals surface area (Å²) in [5, 5.41) is 29.8. The van der Waals surface area contributed by atoms with E-state index in [0.29, 0.717) is 24.3 Å². The maximum absolute atomic E-state index is 10.9. The third-order valence-corrected chi connectivity index (χ3v) is 5.85. The van der Waals surface area contributed by atoms with Gasteiger partial charge in [0, 0.05) is 13.0 Å². The molecular weight excluding hydrogens is 588 g/mol. The van der Waals surface area contributed by atoms with E-state index < -0.39 is 12.0 Å². The van der Waals surface area contributed by atoms with Gasteiger partial charge in [-0.25, -0.2) is 0 Å². The van der Waals surface area contributed by atoms with Crippen molar-refractivity contribution in [3.63, 3.8) is 0 Å². The number of quaternary nitrogens is 1. The Morgan fingerprint density at radius 1 is 1.14 bits per heavy atom. The van der Waals surface area contributed by atoms with Crippen molar-refractivity contribution in [2.45, 2.75) is 38.1 Å². The number of unbranched alkanes of at least 4 members (excludes halogenated alkanes) is 2. The van der Waals surface area contributed by atoms with Crippen LogP contribution >= 0.6 is 45.2 Å². The summed E-state index contributed by atoms with van der Waals surface area (Å²) in [7, 11) is 0. The van der Waals surface area contributed by atoms with Crippen LogP contribution in [0.25, 0.3) is 0 Å². The normalized spacial score (nSPS) is 12.0. The van der Waals surface area contributed by atoms with Gasteiger partial charge in [-0.05, 0) is 106 Å². The number of carboxylic acids is 1. The van der Waals surface area contributed by atoms with Crippen LogP contribution in [-0.4, -0.2) is 28.8 Å². The molecule has 0 saturated carbocycles. The van der Waals surface area contributed by atoms with Crippen LogP contribution < -0.4 is 15.6 Å². The molecule has 0 radical (unpaired) electrons. The first-order chi connectivity index (χ1) is 13.3. The van der Waals surface area contributed by atoms with E-state index in [0.717, 1.165) is 37.5 Å². The van der Waals surface area contributed by atoms with Gasteiger partial charge >= 0.3 is 0 Å². The van der Waals surface area contributed by atoms with Crippen LogP contribution in [0.4, 0.5) is 0 Å². The number of aromatic hydroxyl groups is 1. The Labute approximate surface area is 191 Å². The lowest BCUT2D eigenvalue weighted by atomic mass is 10.1. The van der Waals surface area contributed by atoms with E-state index in [4.69, 9.17) is 9.84 Å². The van der Waals surface area contributed by atoms with Crippen LogP contribution in [0.1, 0.15) is 30.4 Å². The molecule has 1 unspecified atom stereocenters. The van der Waals surface area contributed by atoms with E-state index in [-0.39, 0.29) is 12.4 Å². The number of benzene rings is 2. The third kappa shape index (κ3) is 6.75. The number of aliphatic carboxylic acids is 1. The summed E-state index contributed by atoms with van der Waals surface area (Å²) in [6.07, 6.45) is 3.55. The first-order valence-electron chi connectivity index (χ1n) is 8.94. The summed E-state index contributed by atoms with van der Waals surface area (Å²) >= 11 is 4.33. The van der Waals surface area contributed by atoms with Crippen LogP contribution in [0.5, 0.6) is 17.2 Å². The van der Waals surface area contributed by atoms with E-state index in [2.05, 4.69) is 50.9 Å². The molecule has 0 aromatic heterocycles. The SMILES string of the molecule is [NH3+]C(Cc1cc(I)c(Oc2ccc(O)c(CCCCCO)c2)c(I)c1)C(=O)[O-]. The lowest BCUT2D eigenvalue weighted by molar-refractivity contribution is -0.437. The Morgan fingerprint density at radius 2 is 1.82 bits per heavy atom. The van der Waals surface area contributed by atoms with Crippen LogP contribution in [0.15, 0.2) is 30.3 Å². The smallest absolute Gasteiger partial charge is 0.154 e. The zero-order valence-corrected chi connectivity index (χ0v) is 19.6. The van der Waals surface area contributed by atoms with Crippen molar-refractivity contribution in [2.24, 2.45) is 0 Å². The lowest BCUT2D eigenvalue weighted by Crippen LogP contribution is -2.69. The molecule has 152 valence electrons. The molecule has 0 spiro atoms. The topological polar surface area (TPSA) is 117 Å². The molecule has 6 nitrogen and oxygen atoms in total. The molecule has 0 aliphatic carbocycles. The Bertz CT molecular complexity index is 805. The van der Waals surface area contributed by atoms with Crippen molar-refractivity contribution in [1.29, 1.82) is 0 Å². The molecule has 0 bridgehead atoms. The van der Waals surface area contributed by atoms with Gasteiger partial charge in [-0.1, -0.05) is 6.42 Å². The van der Waals surface area contributed by atoms with Gasteiger partial charge in [0.05, 0.1) is 13.1 Å². The minimum atomic E-state index is -1.17. The molecule has 2 aromatic rings. The minimum Gasteiger partial charge on any atom is -0.544 e. The number of rotatable bonds is 10. The fraction of sp³-hybridized carbons (Fsp3) is 0.350. The molecule has 5 N–H and O–H groups in total. The molecule has 0 amide bonds. The van der Waals surface area contributed by atoms with Gasteiger partial charge in [0.1, 0.15) is 17.5 Å². The number of carbonyl (C=O) groups is 1. The zero-order valence-electron chi connectivity index (χ0n) is 15.3. The van der Waals surface area contributed by atoms with E-state index in [1.165, 1.54) is 0 Å². The van der Waals surface area contributed by atoms with E-state index in [1.807, 2.05) is 18.2 Å². The number of carboxylic acid groups (broad SMARTS) is 1. The monoisotopic (exact) mass is 611 g/mol. The highest BCUT2D eigenvalue weighted by atomic mass is 127. The van der Waals surface area contributed by atoms with Gasteiger partial charge in [0.2, 0.25) is 0 Å². The molecule has 28 heavy (non-hydrogen) atoms. The molecule has 2 aromatic carbocycles. The predicted molar refractivity (Wildman–Crippen MR) is 120 cm³/mol. The molecular formula is C20H23I2NO5. The van der Waals surface area contributed by atoms with Gasteiger partial charge < -0.3 is 30.6 Å². The number of hydrogen-bond acceptors (Lipinski definition) is 5. The van der Waals surface area contributed by atoms with Crippen molar-refractivity contribution in [2.75, 3.05) is 6.61 Å². The number of ether oxygens (including phenoxy) is 1. The molecule has 8 heteroatoms. The number of hydrogen-bond donors (Lipinski definition) is 3. The van der Waals surface area contributed by atoms with Gasteiger partial charge in [-0.3, -0.25) is 0 Å². The molecule has 0 heterocycles. The highest BCUT2D eigenvalue weighted by Gasteiger charge is 2.15. The first kappa shape index (κ1) is 23.2. The number of phenols is 1. The number of aryl methyl sites for hydroxylation is 1. The number of aliphatic hydroxyl groups excluding tert-OH is 1. The van der Waals surface area contributed by atoms with Crippen molar-refractivity contribution in [3.8, 4) is 17.2 Å². The Morgan fingerprint density at radius 3 is 2.43 bits per heavy atom. The maximum Gasteiger partial charge on any atom is 0.154 e. The van der Waals surface area contributed by atoms with E-state index in [1.54, 1.807) is 12.1 Å². The second-order valence-electron chi connectivity index (χ2n) is 6.54. The second kappa shape index (κ2) is 11.2. The average molecular weight is 611 g/mol. The lowest BCUT2D eigenvalue weighted by Gasteiger charge is -2.15. The van der Waals surface area contributed by atoms with Crippen molar-refractivity contribution >= 4 is 51.2 Å². The quantitative estimate of drug-likeness (QED) is 0.281. The highest BCUT2D eigenvalue weighted by molar-refractivity contribution is 14.1. The van der Waals surface area contributed by atoms with Gasteiger partial charge in [-0.15, -0.1) is 0 Å². The van der Waals surface area contributed by atoms with Crippen molar-refractivity contribution < 1.29 is 30.6 Å². The van der Waals surface area contributed by atoms with Crippen LogP contribution in [0.2, 0.25) is 0 Å². The van der Waals surface area contributed by atoms with Crippen molar-refractivity contribution in [1.82, 2.24) is 0 Å². The summed E-state index contributed by atoms with van der Waals surface area (Å²) in [5.41, 5.74) is 5.27. The van der Waals surface area contributed by atoms with E-state index in [9.17, 15) is 15.0 Å². The van der Waals surface area contributed by atoms with Crippen LogP contribution in [-0.2, 0) is 17.6 Å². The third-order valence-electron chi connectivity index (χ3n) is 4.25. The second-order valence-corrected chi connectivity index (χ2v) is 8.86. The fourth-order valence-electron chi connectivity index (χ4n) is 2.74. The first-order valence-corrected chi connectivity index (χ1v) is 11.1. The summed E-state index contributed by atoms with van der Waals surface area (Å²) in [5.74, 6) is 0.389. The summed E-state index contributed by atoms with van der Waals surface area (Å²) in [6.45, 7) is 0.180. The number of carbonyl (C=O) groups excluding carboxylic acids is 1. The summed E-state index contributed by atoms with van der Waals surface area (Å²) in [6, 6.07) is 8.14. The molecule has 0 saturated heterocycles. The van der Waals surface area contributed by atoms with E-state index >= 15 is 0 Å². The Balaban J connectivity index is 2.15. The average Bonchev–Trinajstić information content (AvgIpc) is 2.63.